The zero-order valence-corrected chi connectivity index (χ0v) is 9.01. The average Bonchev–Trinajstić information content (AvgIpc) is 2.76. The molecule has 0 aliphatic carbocycles. The van der Waals surface area contributed by atoms with E-state index in [-0.39, 0.29) is 18.8 Å². The first-order valence-corrected chi connectivity index (χ1v) is 5.01. The number of aromatic nitrogens is 1. The molecule has 0 aliphatic rings. The van der Waals surface area contributed by atoms with Crippen molar-refractivity contribution in [3.05, 3.63) is 23.5 Å². The van der Waals surface area contributed by atoms with Gasteiger partial charge in [0.15, 0.2) is 0 Å². The van der Waals surface area contributed by atoms with Crippen LogP contribution in [-0.4, -0.2) is 40.4 Å². The molecule has 1 rings (SSSR count). The summed E-state index contributed by atoms with van der Waals surface area (Å²) in [5.74, 6) is -0.497. The maximum Gasteiger partial charge on any atom is 0.354 e. The van der Waals surface area contributed by atoms with E-state index < -0.39 is 18.2 Å². The first-order chi connectivity index (χ1) is 7.60. The fraction of sp³-hybridized carbons (Fsp3) is 0.500. The number of carbonyl (C=O) groups excluding carboxylic acids is 1. The van der Waals surface area contributed by atoms with Crippen molar-refractivity contribution < 1.29 is 19.7 Å². The van der Waals surface area contributed by atoms with Crippen LogP contribution in [0.4, 0.5) is 0 Å². The Morgan fingerprint density at radius 3 is 2.88 bits per heavy atom. The van der Waals surface area contributed by atoms with Crippen LogP contribution in [0.3, 0.4) is 0 Å². The van der Waals surface area contributed by atoms with Crippen LogP contribution in [0.1, 0.15) is 29.1 Å². The number of hydrogen-bond donors (Lipinski definition) is 4. The van der Waals surface area contributed by atoms with Gasteiger partial charge in [-0.3, -0.25) is 0 Å². The Morgan fingerprint density at radius 1 is 1.62 bits per heavy atom. The topological polar surface area (TPSA) is 109 Å². The number of ether oxygens (including phenoxy) is 1. The molecule has 0 amide bonds. The summed E-state index contributed by atoms with van der Waals surface area (Å²) in [4.78, 5) is 14.0. The van der Waals surface area contributed by atoms with E-state index in [4.69, 9.17) is 10.5 Å². The third-order valence-electron chi connectivity index (χ3n) is 2.15. The molecule has 0 saturated heterocycles. The Balaban J connectivity index is 2.74. The summed E-state index contributed by atoms with van der Waals surface area (Å²) >= 11 is 0. The molecule has 1 aromatic heterocycles. The van der Waals surface area contributed by atoms with Crippen LogP contribution in [0, 0.1) is 0 Å². The SMILES string of the molecule is CCOC(=O)c1cc(C(O)C(O)CN)c[nH]1. The lowest BCUT2D eigenvalue weighted by atomic mass is 10.1. The maximum absolute atomic E-state index is 11.3. The standard InChI is InChI=1S/C10H16N2O4/c1-2-16-10(15)7-3-6(5-12-7)9(14)8(13)4-11/h3,5,8-9,12-14H,2,4,11H2,1H3. The van der Waals surface area contributed by atoms with Crippen molar-refractivity contribution in [3.8, 4) is 0 Å². The van der Waals surface area contributed by atoms with E-state index >= 15 is 0 Å². The average molecular weight is 228 g/mol. The number of nitrogens with one attached hydrogen (secondary N) is 1. The zero-order chi connectivity index (χ0) is 12.1. The molecule has 0 radical (unpaired) electrons. The molecule has 0 saturated carbocycles. The van der Waals surface area contributed by atoms with E-state index in [0.29, 0.717) is 5.56 Å². The summed E-state index contributed by atoms with van der Waals surface area (Å²) in [6.07, 6.45) is -0.717. The molecule has 6 nitrogen and oxygen atoms in total. The van der Waals surface area contributed by atoms with Crippen molar-refractivity contribution >= 4 is 5.97 Å². The number of hydrogen-bond acceptors (Lipinski definition) is 5. The molecule has 2 atom stereocenters. The van der Waals surface area contributed by atoms with Crippen molar-refractivity contribution in [3.63, 3.8) is 0 Å². The first-order valence-electron chi connectivity index (χ1n) is 5.01. The summed E-state index contributed by atoms with van der Waals surface area (Å²) in [5, 5.41) is 18.9. The Morgan fingerprint density at radius 2 is 2.31 bits per heavy atom. The van der Waals surface area contributed by atoms with E-state index in [2.05, 4.69) is 4.98 Å². The van der Waals surface area contributed by atoms with Crippen molar-refractivity contribution in [2.24, 2.45) is 5.73 Å². The van der Waals surface area contributed by atoms with E-state index in [9.17, 15) is 15.0 Å². The maximum atomic E-state index is 11.3. The predicted octanol–water partition coefficient (Wildman–Crippen LogP) is -0.456. The molecule has 2 unspecified atom stereocenters. The Kier molecular flexibility index (Phi) is 4.48. The van der Waals surface area contributed by atoms with Crippen LogP contribution < -0.4 is 5.73 Å². The van der Waals surface area contributed by atoms with Gasteiger partial charge in [-0.2, -0.15) is 0 Å². The zero-order valence-electron chi connectivity index (χ0n) is 9.01. The van der Waals surface area contributed by atoms with Crippen LogP contribution in [0.2, 0.25) is 0 Å². The minimum Gasteiger partial charge on any atom is -0.461 e. The normalized spacial score (nSPS) is 14.5. The lowest BCUT2D eigenvalue weighted by Crippen LogP contribution is -2.26. The van der Waals surface area contributed by atoms with Crippen molar-refractivity contribution in [2.45, 2.75) is 19.1 Å². The van der Waals surface area contributed by atoms with E-state index in [0.717, 1.165) is 0 Å². The summed E-state index contributed by atoms with van der Waals surface area (Å²) in [6, 6.07) is 1.43. The van der Waals surface area contributed by atoms with Gasteiger partial charge in [0.25, 0.3) is 0 Å². The second-order valence-electron chi connectivity index (χ2n) is 3.32. The second-order valence-corrected chi connectivity index (χ2v) is 3.32. The van der Waals surface area contributed by atoms with E-state index in [1.54, 1.807) is 6.92 Å². The molecule has 6 heteroatoms. The second kappa shape index (κ2) is 5.64. The molecule has 16 heavy (non-hydrogen) atoms. The highest BCUT2D eigenvalue weighted by molar-refractivity contribution is 5.87. The Labute approximate surface area is 93.0 Å². The summed E-state index contributed by atoms with van der Waals surface area (Å²) in [5.41, 5.74) is 5.85. The molecule has 90 valence electrons. The van der Waals surface area contributed by atoms with Crippen LogP contribution in [0.15, 0.2) is 12.3 Å². The minimum absolute atomic E-state index is 0.0545. The highest BCUT2D eigenvalue weighted by Crippen LogP contribution is 2.17. The first kappa shape index (κ1) is 12.7. The molecule has 1 heterocycles. The number of aliphatic hydroxyl groups is 2. The molecule has 0 aromatic carbocycles. The van der Waals surface area contributed by atoms with Gasteiger partial charge in [0, 0.05) is 18.3 Å². The molecular formula is C10H16N2O4. The highest BCUT2D eigenvalue weighted by atomic mass is 16.5. The quantitative estimate of drug-likeness (QED) is 0.510. The van der Waals surface area contributed by atoms with E-state index in [1.807, 2.05) is 0 Å². The molecule has 5 N–H and O–H groups in total. The van der Waals surface area contributed by atoms with Crippen molar-refractivity contribution in [2.75, 3.05) is 13.2 Å². The lowest BCUT2D eigenvalue weighted by Gasteiger charge is -2.13. The molecule has 0 spiro atoms. The molecule has 0 fully saturated rings. The van der Waals surface area contributed by atoms with Gasteiger partial charge in [0.1, 0.15) is 11.8 Å². The van der Waals surface area contributed by atoms with Gasteiger partial charge in [-0.1, -0.05) is 0 Å². The lowest BCUT2D eigenvalue weighted by molar-refractivity contribution is 0.0244. The number of H-pyrrole nitrogens is 1. The van der Waals surface area contributed by atoms with Gasteiger partial charge in [-0.25, -0.2) is 4.79 Å². The van der Waals surface area contributed by atoms with Crippen molar-refractivity contribution in [1.82, 2.24) is 4.98 Å². The predicted molar refractivity (Wildman–Crippen MR) is 56.8 cm³/mol. The summed E-state index contributed by atoms with van der Waals surface area (Å²) in [6.45, 7) is 1.93. The van der Waals surface area contributed by atoms with Crippen LogP contribution in [0.25, 0.3) is 0 Å². The van der Waals surface area contributed by atoms with Gasteiger partial charge >= 0.3 is 5.97 Å². The highest BCUT2D eigenvalue weighted by Gasteiger charge is 2.19. The molecular weight excluding hydrogens is 212 g/mol. The van der Waals surface area contributed by atoms with Gasteiger partial charge < -0.3 is 25.7 Å². The van der Waals surface area contributed by atoms with Gasteiger partial charge in [-0.15, -0.1) is 0 Å². The van der Waals surface area contributed by atoms with Crippen LogP contribution in [-0.2, 0) is 4.74 Å². The van der Waals surface area contributed by atoms with Crippen molar-refractivity contribution in [1.29, 1.82) is 0 Å². The Bertz CT molecular complexity index is 350. The Hall–Kier alpha value is -1.37. The van der Waals surface area contributed by atoms with Gasteiger partial charge in [0.2, 0.25) is 0 Å². The number of esters is 1. The third-order valence-corrected chi connectivity index (χ3v) is 2.15. The number of carbonyl (C=O) groups is 1. The number of aromatic amines is 1. The van der Waals surface area contributed by atoms with Gasteiger partial charge in [0.05, 0.1) is 12.7 Å². The number of rotatable bonds is 5. The summed E-state index contributed by atoms with van der Waals surface area (Å²) < 4.78 is 4.77. The number of nitrogens with two attached hydrogens (primary N) is 1. The molecule has 0 bridgehead atoms. The largest absolute Gasteiger partial charge is 0.461 e. The molecule has 0 aliphatic heterocycles. The van der Waals surface area contributed by atoms with Crippen LogP contribution >= 0.6 is 0 Å². The smallest absolute Gasteiger partial charge is 0.354 e. The summed E-state index contributed by atoms with van der Waals surface area (Å²) in [7, 11) is 0. The van der Waals surface area contributed by atoms with E-state index in [1.165, 1.54) is 12.3 Å². The fourth-order valence-electron chi connectivity index (χ4n) is 1.26. The fourth-order valence-corrected chi connectivity index (χ4v) is 1.26. The van der Waals surface area contributed by atoms with Crippen LogP contribution in [0.5, 0.6) is 0 Å². The number of aliphatic hydroxyl groups excluding tert-OH is 2. The third kappa shape index (κ3) is 2.82. The molecule has 1 aromatic rings. The minimum atomic E-state index is -1.11. The van der Waals surface area contributed by atoms with Gasteiger partial charge in [-0.05, 0) is 13.0 Å². The monoisotopic (exact) mass is 228 g/mol.